The molecule has 1 amide bonds. The summed E-state index contributed by atoms with van der Waals surface area (Å²) >= 11 is 3.14. The van der Waals surface area contributed by atoms with Gasteiger partial charge >= 0.3 is 0 Å². The van der Waals surface area contributed by atoms with Crippen LogP contribution in [-0.4, -0.2) is 33.5 Å². The molecular weight excluding hydrogens is 404 g/mol. The smallest absolute Gasteiger partial charge is 0.234 e. The van der Waals surface area contributed by atoms with Crippen LogP contribution in [0.1, 0.15) is 38.0 Å². The first kappa shape index (κ1) is 21.4. The number of thiophene rings is 1. The van der Waals surface area contributed by atoms with Crippen molar-refractivity contribution >= 4 is 34.7 Å². The summed E-state index contributed by atoms with van der Waals surface area (Å²) in [6, 6.07) is 9.56. The van der Waals surface area contributed by atoms with Crippen LogP contribution in [0.2, 0.25) is 0 Å². The third kappa shape index (κ3) is 5.19. The average Bonchev–Trinajstić information content (AvgIpc) is 3.34. The molecule has 0 aliphatic rings. The quantitative estimate of drug-likeness (QED) is 0.468. The maximum absolute atomic E-state index is 12.4. The third-order valence-electron chi connectivity index (χ3n) is 4.32. The van der Waals surface area contributed by atoms with Crippen molar-refractivity contribution in [3.05, 3.63) is 40.6 Å². The molecule has 3 rings (SSSR count). The minimum absolute atomic E-state index is 0.107. The summed E-state index contributed by atoms with van der Waals surface area (Å²) in [6.45, 7) is 7.31. The summed E-state index contributed by atoms with van der Waals surface area (Å²) in [4.78, 5) is 13.8. The molecule has 0 atom stereocenters. The fourth-order valence-corrected chi connectivity index (χ4v) is 4.54. The van der Waals surface area contributed by atoms with Crippen molar-refractivity contribution in [2.24, 2.45) is 0 Å². The van der Waals surface area contributed by atoms with Gasteiger partial charge in [-0.25, -0.2) is 0 Å². The van der Waals surface area contributed by atoms with E-state index in [9.17, 15) is 4.79 Å². The van der Waals surface area contributed by atoms with Crippen LogP contribution < -0.4 is 10.1 Å². The summed E-state index contributed by atoms with van der Waals surface area (Å²) in [7, 11) is 1.59. The Labute approximate surface area is 179 Å². The minimum atomic E-state index is -0.107. The van der Waals surface area contributed by atoms with Crippen molar-refractivity contribution in [1.29, 1.82) is 0 Å². The molecule has 0 unspecified atom stereocenters. The number of nitrogens with zero attached hydrogens (tertiary/aromatic N) is 3. The van der Waals surface area contributed by atoms with E-state index >= 15 is 0 Å². The van der Waals surface area contributed by atoms with Crippen LogP contribution in [0.15, 0.2) is 40.9 Å². The molecule has 6 nitrogen and oxygen atoms in total. The second-order valence-corrected chi connectivity index (χ2v) is 8.77. The maximum Gasteiger partial charge on any atom is 0.234 e. The van der Waals surface area contributed by atoms with E-state index < -0.39 is 0 Å². The van der Waals surface area contributed by atoms with Gasteiger partial charge in [-0.2, -0.15) is 0 Å². The molecule has 29 heavy (non-hydrogen) atoms. The lowest BCUT2D eigenvalue weighted by molar-refractivity contribution is -0.113. The van der Waals surface area contributed by atoms with Crippen LogP contribution in [0, 0.1) is 0 Å². The van der Waals surface area contributed by atoms with Crippen molar-refractivity contribution in [2.45, 2.75) is 44.8 Å². The van der Waals surface area contributed by atoms with Crippen LogP contribution in [0.3, 0.4) is 0 Å². The highest BCUT2D eigenvalue weighted by Crippen LogP contribution is 2.31. The van der Waals surface area contributed by atoms with Gasteiger partial charge in [0.1, 0.15) is 5.75 Å². The molecule has 154 valence electrons. The molecule has 1 N–H and O–H groups in total. The average molecular weight is 431 g/mol. The Bertz CT molecular complexity index is 965. The Morgan fingerprint density at radius 1 is 1.31 bits per heavy atom. The number of methoxy groups -OCH3 is 1. The highest BCUT2D eigenvalue weighted by Gasteiger charge is 2.17. The molecule has 0 saturated heterocycles. The van der Waals surface area contributed by atoms with E-state index in [4.69, 9.17) is 4.74 Å². The summed E-state index contributed by atoms with van der Waals surface area (Å²) in [5, 5.41) is 14.6. The van der Waals surface area contributed by atoms with Crippen molar-refractivity contribution in [3.8, 4) is 17.1 Å². The molecule has 0 bridgehead atoms. The largest absolute Gasteiger partial charge is 0.495 e. The molecule has 3 aromatic rings. The molecule has 0 aliphatic heterocycles. The fraction of sp³-hybridized carbons (Fsp3) is 0.381. The lowest BCUT2D eigenvalue weighted by Crippen LogP contribution is -2.15. The molecule has 0 radical (unpaired) electrons. The first-order chi connectivity index (χ1) is 14.0. The monoisotopic (exact) mass is 430 g/mol. The molecule has 0 saturated carbocycles. The Morgan fingerprint density at radius 3 is 2.79 bits per heavy atom. The van der Waals surface area contributed by atoms with Crippen LogP contribution in [0.25, 0.3) is 11.4 Å². The SMILES string of the molecule is CCCn1c(SCC(=O)Nc2ccccc2OC)nnc1-c1csc(C(C)C)c1. The Hall–Kier alpha value is -2.32. The van der Waals surface area contributed by atoms with Crippen molar-refractivity contribution in [3.63, 3.8) is 0 Å². The second-order valence-electron chi connectivity index (χ2n) is 6.89. The summed E-state index contributed by atoms with van der Waals surface area (Å²) in [6.07, 6.45) is 0.965. The zero-order chi connectivity index (χ0) is 20.8. The van der Waals surface area contributed by atoms with Gasteiger partial charge in [-0.1, -0.05) is 44.7 Å². The first-order valence-corrected chi connectivity index (χ1v) is 11.5. The van der Waals surface area contributed by atoms with Crippen LogP contribution in [-0.2, 0) is 11.3 Å². The zero-order valence-electron chi connectivity index (χ0n) is 17.1. The molecule has 2 aromatic heterocycles. The van der Waals surface area contributed by atoms with E-state index in [0.717, 1.165) is 29.5 Å². The molecule has 8 heteroatoms. The number of nitrogens with one attached hydrogen (secondary N) is 1. The summed E-state index contributed by atoms with van der Waals surface area (Å²) in [5.74, 6) is 2.14. The van der Waals surface area contributed by atoms with Crippen LogP contribution in [0.5, 0.6) is 5.75 Å². The fourth-order valence-electron chi connectivity index (χ4n) is 2.87. The Kier molecular flexibility index (Phi) is 7.33. The highest BCUT2D eigenvalue weighted by atomic mass is 32.2. The number of rotatable bonds is 9. The van der Waals surface area contributed by atoms with Gasteiger partial charge in [0.2, 0.25) is 5.91 Å². The number of hydrogen-bond donors (Lipinski definition) is 1. The predicted molar refractivity (Wildman–Crippen MR) is 120 cm³/mol. The molecule has 0 aliphatic carbocycles. The van der Waals surface area contributed by atoms with Gasteiger partial charge in [0, 0.05) is 22.4 Å². The number of anilines is 1. The maximum atomic E-state index is 12.4. The standard InChI is InChI=1S/C21H26N4O2S2/c1-5-10-25-20(15-11-18(14(2)3)28-12-15)23-24-21(25)29-13-19(26)22-16-8-6-7-9-17(16)27-4/h6-9,11-12,14H,5,10,13H2,1-4H3,(H,22,26). The number of hydrogen-bond acceptors (Lipinski definition) is 6. The number of thioether (sulfide) groups is 1. The number of ether oxygens (including phenoxy) is 1. The van der Waals surface area contributed by atoms with E-state index in [1.165, 1.54) is 16.6 Å². The predicted octanol–water partition coefficient (Wildman–Crippen LogP) is 5.28. The molecule has 1 aromatic carbocycles. The van der Waals surface area contributed by atoms with Crippen molar-refractivity contribution in [1.82, 2.24) is 14.8 Å². The van der Waals surface area contributed by atoms with Crippen molar-refractivity contribution < 1.29 is 9.53 Å². The molecule has 0 fully saturated rings. The number of benzene rings is 1. The minimum Gasteiger partial charge on any atom is -0.495 e. The number of aromatic nitrogens is 3. The van der Waals surface area contributed by atoms with Gasteiger partial charge in [0.15, 0.2) is 11.0 Å². The van der Waals surface area contributed by atoms with Gasteiger partial charge in [-0.3, -0.25) is 4.79 Å². The van der Waals surface area contributed by atoms with Crippen LogP contribution in [0.4, 0.5) is 5.69 Å². The lowest BCUT2D eigenvalue weighted by atomic mass is 10.1. The Morgan fingerprint density at radius 2 is 2.10 bits per heavy atom. The second kappa shape index (κ2) is 9.93. The van der Waals surface area contributed by atoms with Gasteiger partial charge in [0.25, 0.3) is 0 Å². The van der Waals surface area contributed by atoms with Gasteiger partial charge in [-0.05, 0) is 30.5 Å². The number of carbonyl (C=O) groups excluding carboxylic acids is 1. The van der Waals surface area contributed by atoms with E-state index in [1.54, 1.807) is 18.4 Å². The van der Waals surface area contributed by atoms with Crippen LogP contribution >= 0.6 is 23.1 Å². The lowest BCUT2D eigenvalue weighted by Gasteiger charge is -2.10. The van der Waals surface area contributed by atoms with Gasteiger partial charge < -0.3 is 14.6 Å². The van der Waals surface area contributed by atoms with Gasteiger partial charge in [0.05, 0.1) is 18.6 Å². The van der Waals surface area contributed by atoms with E-state index in [1.807, 2.05) is 24.3 Å². The summed E-state index contributed by atoms with van der Waals surface area (Å²) < 4.78 is 7.39. The number of amides is 1. The van der Waals surface area contributed by atoms with E-state index in [-0.39, 0.29) is 11.7 Å². The molecule has 0 spiro atoms. The highest BCUT2D eigenvalue weighted by molar-refractivity contribution is 7.99. The first-order valence-electron chi connectivity index (χ1n) is 9.61. The number of para-hydroxylation sites is 2. The topological polar surface area (TPSA) is 69.0 Å². The van der Waals surface area contributed by atoms with Gasteiger partial charge in [-0.15, -0.1) is 21.5 Å². The van der Waals surface area contributed by atoms with E-state index in [2.05, 4.69) is 52.3 Å². The molecule has 2 heterocycles. The number of carbonyl (C=O) groups is 1. The van der Waals surface area contributed by atoms with E-state index in [0.29, 0.717) is 17.4 Å². The zero-order valence-corrected chi connectivity index (χ0v) is 18.8. The third-order valence-corrected chi connectivity index (χ3v) is 6.52. The Balaban J connectivity index is 1.72. The molecular formula is C21H26N4O2S2. The van der Waals surface area contributed by atoms with Crippen molar-refractivity contribution in [2.75, 3.05) is 18.2 Å². The normalized spacial score (nSPS) is 11.1. The summed E-state index contributed by atoms with van der Waals surface area (Å²) in [5.41, 5.74) is 1.75.